The zero-order chi connectivity index (χ0) is 16.4. The van der Waals surface area contributed by atoms with Crippen LogP contribution in [0.4, 0.5) is 0 Å². The number of benzene rings is 1. The monoisotopic (exact) mass is 312 g/mol. The van der Waals surface area contributed by atoms with Gasteiger partial charge in [0.05, 0.1) is 23.9 Å². The molecule has 0 saturated carbocycles. The maximum Gasteiger partial charge on any atom is 0.340 e. The molecule has 1 aliphatic rings. The summed E-state index contributed by atoms with van der Waals surface area (Å²) in [5, 5.41) is 1.02. The molecule has 122 valence electrons. The fraction of sp³-hybridized carbons (Fsp3) is 0.474. The van der Waals surface area contributed by atoms with Crippen molar-refractivity contribution in [3.05, 3.63) is 41.1 Å². The molecule has 1 aromatic carbocycles. The van der Waals surface area contributed by atoms with Crippen LogP contribution in [0.1, 0.15) is 41.4 Å². The molecule has 0 N–H and O–H groups in total. The van der Waals surface area contributed by atoms with Crippen molar-refractivity contribution >= 4 is 16.9 Å². The van der Waals surface area contributed by atoms with E-state index < -0.39 is 0 Å². The van der Waals surface area contributed by atoms with Gasteiger partial charge in [-0.05, 0) is 43.9 Å². The third-order valence-electron chi connectivity index (χ3n) is 4.73. The number of carbonyl (C=O) groups is 1. The van der Waals surface area contributed by atoms with Crippen LogP contribution in [-0.4, -0.2) is 36.1 Å². The topological polar surface area (TPSA) is 42.4 Å². The average molecular weight is 312 g/mol. The van der Waals surface area contributed by atoms with Crippen LogP contribution < -0.4 is 0 Å². The third-order valence-corrected chi connectivity index (χ3v) is 4.73. The van der Waals surface area contributed by atoms with Crippen LogP contribution in [0.5, 0.6) is 0 Å². The number of likely N-dealkylation sites (tertiary alicyclic amines) is 1. The molecule has 0 bridgehead atoms. The Kier molecular flexibility index (Phi) is 4.62. The lowest BCUT2D eigenvalue weighted by molar-refractivity contribution is 0.0596. The Morgan fingerprint density at radius 3 is 2.91 bits per heavy atom. The molecule has 0 amide bonds. The molecule has 4 heteroatoms. The highest BCUT2D eigenvalue weighted by Gasteiger charge is 2.23. The van der Waals surface area contributed by atoms with E-state index in [1.165, 1.54) is 20.0 Å². The van der Waals surface area contributed by atoms with Crippen molar-refractivity contribution in [2.45, 2.75) is 33.2 Å². The van der Waals surface area contributed by atoms with E-state index in [1.54, 1.807) is 0 Å². The van der Waals surface area contributed by atoms with E-state index in [4.69, 9.17) is 9.72 Å². The van der Waals surface area contributed by atoms with Gasteiger partial charge in [0.25, 0.3) is 0 Å². The Morgan fingerprint density at radius 1 is 1.39 bits per heavy atom. The maximum absolute atomic E-state index is 12.3. The summed E-state index contributed by atoms with van der Waals surface area (Å²) in [4.78, 5) is 19.5. The summed E-state index contributed by atoms with van der Waals surface area (Å²) in [6.07, 6.45) is 2.49. The van der Waals surface area contributed by atoms with E-state index in [2.05, 4.69) is 11.8 Å². The van der Waals surface area contributed by atoms with Gasteiger partial charge in [0.15, 0.2) is 0 Å². The number of fused-ring (bicyclic) bond motifs is 1. The summed E-state index contributed by atoms with van der Waals surface area (Å²) in [5.41, 5.74) is 3.37. The zero-order valence-corrected chi connectivity index (χ0v) is 14.1. The first kappa shape index (κ1) is 15.9. The fourth-order valence-corrected chi connectivity index (χ4v) is 3.57. The highest BCUT2D eigenvalue weighted by atomic mass is 16.5. The summed E-state index contributed by atoms with van der Waals surface area (Å²) in [6.45, 7) is 7.11. The number of methoxy groups -OCH3 is 1. The zero-order valence-electron chi connectivity index (χ0n) is 14.1. The van der Waals surface area contributed by atoms with Crippen LogP contribution in [0.15, 0.2) is 24.3 Å². The molecule has 3 rings (SSSR count). The van der Waals surface area contributed by atoms with Crippen molar-refractivity contribution in [2.24, 2.45) is 5.92 Å². The largest absolute Gasteiger partial charge is 0.465 e. The van der Waals surface area contributed by atoms with Gasteiger partial charge in [-0.3, -0.25) is 9.88 Å². The number of piperidine rings is 1. The molecule has 2 heterocycles. The third kappa shape index (κ3) is 3.22. The second-order valence-electron chi connectivity index (χ2n) is 6.55. The predicted molar refractivity (Wildman–Crippen MR) is 91.5 cm³/mol. The van der Waals surface area contributed by atoms with Gasteiger partial charge in [-0.1, -0.05) is 25.1 Å². The summed E-state index contributed by atoms with van der Waals surface area (Å²) < 4.78 is 5.02. The molecule has 1 aromatic heterocycles. The molecule has 1 aliphatic heterocycles. The molecule has 2 aromatic rings. The molecule has 0 aliphatic carbocycles. The maximum atomic E-state index is 12.3. The molecule has 0 spiro atoms. The summed E-state index contributed by atoms with van der Waals surface area (Å²) >= 11 is 0. The van der Waals surface area contributed by atoms with Crippen LogP contribution >= 0.6 is 0 Å². The van der Waals surface area contributed by atoms with Crippen molar-refractivity contribution in [3.63, 3.8) is 0 Å². The number of hydrogen-bond donors (Lipinski definition) is 0. The number of nitrogens with zero attached hydrogens (tertiary/aromatic N) is 2. The Balaban J connectivity index is 2.04. The van der Waals surface area contributed by atoms with E-state index in [9.17, 15) is 4.79 Å². The number of aryl methyl sites for hydroxylation is 1. The minimum absolute atomic E-state index is 0.291. The fourth-order valence-electron chi connectivity index (χ4n) is 3.57. The smallest absolute Gasteiger partial charge is 0.340 e. The lowest BCUT2D eigenvalue weighted by atomic mass is 9.98. The SMILES string of the molecule is COC(=O)c1c(CN2CCC[C@H](C)C2)nc2ccccc2c1C. The van der Waals surface area contributed by atoms with Gasteiger partial charge in [-0.2, -0.15) is 0 Å². The minimum Gasteiger partial charge on any atom is -0.465 e. The molecule has 23 heavy (non-hydrogen) atoms. The van der Waals surface area contributed by atoms with Gasteiger partial charge >= 0.3 is 5.97 Å². The molecular weight excluding hydrogens is 288 g/mol. The Morgan fingerprint density at radius 2 is 2.17 bits per heavy atom. The quantitative estimate of drug-likeness (QED) is 0.813. The van der Waals surface area contributed by atoms with E-state index in [0.717, 1.165) is 35.2 Å². The van der Waals surface area contributed by atoms with Crippen molar-refractivity contribution in [1.82, 2.24) is 9.88 Å². The van der Waals surface area contributed by atoms with Crippen molar-refractivity contribution in [1.29, 1.82) is 0 Å². The number of carbonyl (C=O) groups excluding carboxylic acids is 1. The van der Waals surface area contributed by atoms with Gasteiger partial charge < -0.3 is 4.74 Å². The van der Waals surface area contributed by atoms with Gasteiger partial charge in [0, 0.05) is 18.5 Å². The second kappa shape index (κ2) is 6.67. The van der Waals surface area contributed by atoms with Crippen LogP contribution in [-0.2, 0) is 11.3 Å². The highest BCUT2D eigenvalue weighted by Crippen LogP contribution is 2.26. The number of ether oxygens (including phenoxy) is 1. The number of aromatic nitrogens is 1. The number of esters is 1. The predicted octanol–water partition coefficient (Wildman–Crippen LogP) is 3.56. The number of para-hydroxylation sites is 1. The van der Waals surface area contributed by atoms with E-state index in [-0.39, 0.29) is 5.97 Å². The molecule has 0 radical (unpaired) electrons. The molecular formula is C19H24N2O2. The van der Waals surface area contributed by atoms with Crippen LogP contribution in [0.2, 0.25) is 0 Å². The first-order chi connectivity index (χ1) is 11.1. The average Bonchev–Trinajstić information content (AvgIpc) is 2.54. The number of pyridine rings is 1. The highest BCUT2D eigenvalue weighted by molar-refractivity contribution is 5.98. The lowest BCUT2D eigenvalue weighted by Gasteiger charge is -2.31. The molecule has 4 nitrogen and oxygen atoms in total. The van der Waals surface area contributed by atoms with Gasteiger partial charge in [-0.15, -0.1) is 0 Å². The second-order valence-corrected chi connectivity index (χ2v) is 6.55. The molecule has 1 saturated heterocycles. The number of hydrogen-bond acceptors (Lipinski definition) is 4. The molecule has 0 unspecified atom stereocenters. The Labute approximate surface area is 137 Å². The minimum atomic E-state index is -0.291. The summed E-state index contributed by atoms with van der Waals surface area (Å²) in [5.74, 6) is 0.410. The standard InChI is InChI=1S/C19H24N2O2/c1-13-7-6-10-21(11-13)12-17-18(19(22)23-3)14(2)15-8-4-5-9-16(15)20-17/h4-5,8-9,13H,6-7,10-12H2,1-3H3/t13-/m0/s1. The number of rotatable bonds is 3. The van der Waals surface area contributed by atoms with E-state index in [1.807, 2.05) is 31.2 Å². The normalized spacial score (nSPS) is 19.0. The van der Waals surface area contributed by atoms with Crippen LogP contribution in [0, 0.1) is 12.8 Å². The first-order valence-corrected chi connectivity index (χ1v) is 8.29. The molecule has 1 atom stereocenters. The van der Waals surface area contributed by atoms with Crippen molar-refractivity contribution < 1.29 is 9.53 Å². The van der Waals surface area contributed by atoms with Crippen LogP contribution in [0.3, 0.4) is 0 Å². The summed E-state index contributed by atoms with van der Waals surface area (Å²) in [7, 11) is 1.43. The van der Waals surface area contributed by atoms with Gasteiger partial charge in [-0.25, -0.2) is 4.79 Å². The Bertz CT molecular complexity index is 727. The first-order valence-electron chi connectivity index (χ1n) is 8.29. The van der Waals surface area contributed by atoms with E-state index >= 15 is 0 Å². The summed E-state index contributed by atoms with van der Waals surface area (Å²) in [6, 6.07) is 7.98. The molecule has 1 fully saturated rings. The lowest BCUT2D eigenvalue weighted by Crippen LogP contribution is -2.34. The van der Waals surface area contributed by atoms with Crippen molar-refractivity contribution in [3.8, 4) is 0 Å². The van der Waals surface area contributed by atoms with E-state index in [0.29, 0.717) is 18.0 Å². The van der Waals surface area contributed by atoms with Gasteiger partial charge in [0.2, 0.25) is 0 Å². The van der Waals surface area contributed by atoms with Crippen LogP contribution in [0.25, 0.3) is 10.9 Å². The van der Waals surface area contributed by atoms with Crippen molar-refractivity contribution in [2.75, 3.05) is 20.2 Å². The Hall–Kier alpha value is -1.94. The van der Waals surface area contributed by atoms with Gasteiger partial charge in [0.1, 0.15) is 0 Å².